The molecule has 2 N–H and O–H groups in total. The Labute approximate surface area is 75.8 Å². The first-order valence-corrected chi connectivity index (χ1v) is 4.15. The van der Waals surface area contributed by atoms with Crippen molar-refractivity contribution in [2.75, 3.05) is 6.61 Å². The highest BCUT2D eigenvalue weighted by Gasteiger charge is 2.17. The molecule has 1 atom stereocenters. The Morgan fingerprint density at radius 3 is 2.55 bits per heavy atom. The Hall–Kier alpha value is 0.01000. The lowest BCUT2D eigenvalue weighted by molar-refractivity contribution is -0.144. The van der Waals surface area contributed by atoms with Crippen LogP contribution in [-0.4, -0.2) is 23.5 Å². The van der Waals surface area contributed by atoms with Gasteiger partial charge in [-0.15, -0.1) is 23.2 Å². The average molecular weight is 200 g/mol. The van der Waals surface area contributed by atoms with Crippen LogP contribution < -0.4 is 5.73 Å². The summed E-state index contributed by atoms with van der Waals surface area (Å²) < 4.78 is 4.62. The van der Waals surface area contributed by atoms with Crippen LogP contribution in [0.5, 0.6) is 0 Å². The lowest BCUT2D eigenvalue weighted by Gasteiger charge is -2.09. The van der Waals surface area contributed by atoms with E-state index in [-0.39, 0.29) is 6.42 Å². The largest absolute Gasteiger partial charge is 0.465 e. The molecule has 0 heterocycles. The normalized spacial score (nSPS) is 13.2. The van der Waals surface area contributed by atoms with Gasteiger partial charge in [-0.3, -0.25) is 4.79 Å². The molecule has 5 heteroatoms. The second kappa shape index (κ2) is 5.63. The molecule has 0 aliphatic rings. The quantitative estimate of drug-likeness (QED) is 0.545. The van der Waals surface area contributed by atoms with Crippen LogP contribution in [0.3, 0.4) is 0 Å². The van der Waals surface area contributed by atoms with Crippen molar-refractivity contribution in [1.29, 1.82) is 0 Å². The van der Waals surface area contributed by atoms with Crippen LogP contribution in [0.1, 0.15) is 13.3 Å². The van der Waals surface area contributed by atoms with Crippen LogP contribution in [0.4, 0.5) is 0 Å². The molecule has 0 unspecified atom stereocenters. The molecule has 66 valence electrons. The number of carbonyl (C=O) groups is 1. The van der Waals surface area contributed by atoms with E-state index in [2.05, 4.69) is 4.74 Å². The van der Waals surface area contributed by atoms with Gasteiger partial charge in [0, 0.05) is 6.42 Å². The lowest BCUT2D eigenvalue weighted by Crippen LogP contribution is -2.33. The number of hydrogen-bond acceptors (Lipinski definition) is 3. The molecule has 0 amide bonds. The van der Waals surface area contributed by atoms with Crippen molar-refractivity contribution in [3.63, 3.8) is 0 Å². The minimum absolute atomic E-state index is 0.224. The summed E-state index contributed by atoms with van der Waals surface area (Å²) in [6.45, 7) is 2.03. The Kier molecular flexibility index (Phi) is 5.64. The van der Waals surface area contributed by atoms with Crippen LogP contribution in [0, 0.1) is 0 Å². The van der Waals surface area contributed by atoms with Crippen molar-refractivity contribution in [1.82, 2.24) is 0 Å². The van der Waals surface area contributed by atoms with Crippen LogP contribution in [0.25, 0.3) is 0 Å². The third kappa shape index (κ3) is 5.30. The number of ether oxygens (including phenoxy) is 1. The van der Waals surface area contributed by atoms with Crippen molar-refractivity contribution in [2.24, 2.45) is 5.73 Å². The van der Waals surface area contributed by atoms with E-state index >= 15 is 0 Å². The summed E-state index contributed by atoms with van der Waals surface area (Å²) in [5.74, 6) is -0.459. The number of carbonyl (C=O) groups excluding carboxylic acids is 1. The molecule has 0 saturated carbocycles. The molecule has 0 aromatic rings. The zero-order chi connectivity index (χ0) is 8.85. The fourth-order valence-electron chi connectivity index (χ4n) is 0.537. The van der Waals surface area contributed by atoms with E-state index in [0.29, 0.717) is 6.61 Å². The maximum atomic E-state index is 10.8. The van der Waals surface area contributed by atoms with Gasteiger partial charge in [0.1, 0.15) is 10.9 Å². The maximum absolute atomic E-state index is 10.8. The van der Waals surface area contributed by atoms with Crippen LogP contribution >= 0.6 is 23.2 Å². The van der Waals surface area contributed by atoms with Crippen LogP contribution in [0.15, 0.2) is 0 Å². The average Bonchev–Trinajstić information content (AvgIpc) is 1.86. The Morgan fingerprint density at radius 1 is 1.64 bits per heavy atom. The summed E-state index contributed by atoms with van der Waals surface area (Å²) in [4.78, 5) is 10.2. The van der Waals surface area contributed by atoms with E-state index in [4.69, 9.17) is 28.9 Å². The second-order valence-electron chi connectivity index (χ2n) is 1.99. The molecular weight excluding hydrogens is 189 g/mol. The van der Waals surface area contributed by atoms with Crippen LogP contribution in [-0.2, 0) is 9.53 Å². The van der Waals surface area contributed by atoms with E-state index in [0.717, 1.165) is 0 Å². The number of halogens is 2. The molecule has 0 aromatic carbocycles. The van der Waals surface area contributed by atoms with Gasteiger partial charge < -0.3 is 10.5 Å². The second-order valence-corrected chi connectivity index (χ2v) is 3.26. The van der Waals surface area contributed by atoms with E-state index < -0.39 is 16.8 Å². The number of alkyl halides is 2. The highest BCUT2D eigenvalue weighted by Crippen LogP contribution is 2.09. The van der Waals surface area contributed by atoms with Gasteiger partial charge in [0.05, 0.1) is 6.61 Å². The topological polar surface area (TPSA) is 52.3 Å². The van der Waals surface area contributed by atoms with E-state index in [1.807, 2.05) is 0 Å². The fraction of sp³-hybridized carbons (Fsp3) is 0.833. The SMILES string of the molecule is CCOC(=O)[C@@H](N)CC(Cl)Cl. The number of esters is 1. The van der Waals surface area contributed by atoms with E-state index in [1.165, 1.54) is 0 Å². The monoisotopic (exact) mass is 199 g/mol. The third-order valence-corrected chi connectivity index (χ3v) is 1.38. The number of nitrogens with two attached hydrogens (primary N) is 1. The Balaban J connectivity index is 3.64. The van der Waals surface area contributed by atoms with Gasteiger partial charge in [0.15, 0.2) is 0 Å². The van der Waals surface area contributed by atoms with Gasteiger partial charge in [-0.2, -0.15) is 0 Å². The molecule has 3 nitrogen and oxygen atoms in total. The van der Waals surface area contributed by atoms with Gasteiger partial charge in [0.2, 0.25) is 0 Å². The highest BCUT2D eigenvalue weighted by molar-refractivity contribution is 6.44. The van der Waals surface area contributed by atoms with Crippen molar-refractivity contribution in [2.45, 2.75) is 24.2 Å². The molecule has 0 bridgehead atoms. The zero-order valence-electron chi connectivity index (χ0n) is 6.22. The van der Waals surface area contributed by atoms with Gasteiger partial charge in [-0.25, -0.2) is 0 Å². The summed E-state index contributed by atoms with van der Waals surface area (Å²) in [7, 11) is 0. The predicted molar refractivity (Wildman–Crippen MR) is 44.7 cm³/mol. The smallest absolute Gasteiger partial charge is 0.322 e. The third-order valence-electron chi connectivity index (χ3n) is 1.02. The molecular formula is C6H11Cl2NO2. The molecule has 11 heavy (non-hydrogen) atoms. The standard InChI is InChI=1S/C6H11Cl2NO2/c1-2-11-6(10)4(9)3-5(7)8/h4-5H,2-3,9H2,1H3/t4-/m0/s1. The lowest BCUT2D eigenvalue weighted by atomic mass is 10.2. The molecule has 0 aromatic heterocycles. The van der Waals surface area contributed by atoms with E-state index in [9.17, 15) is 4.79 Å². The number of rotatable bonds is 4. The summed E-state index contributed by atoms with van der Waals surface area (Å²) in [5, 5.41) is 0. The molecule has 0 fully saturated rings. The zero-order valence-corrected chi connectivity index (χ0v) is 7.73. The predicted octanol–water partition coefficient (Wildman–Crippen LogP) is 1.07. The summed E-state index contributed by atoms with van der Waals surface area (Å²) in [6.07, 6.45) is 0.224. The number of hydrogen-bond donors (Lipinski definition) is 1. The summed E-state index contributed by atoms with van der Waals surface area (Å²) >= 11 is 10.8. The summed E-state index contributed by atoms with van der Waals surface area (Å²) in [6, 6.07) is -0.713. The first-order chi connectivity index (χ1) is 5.07. The Bertz CT molecular complexity index is 130. The van der Waals surface area contributed by atoms with Gasteiger partial charge >= 0.3 is 5.97 Å². The van der Waals surface area contributed by atoms with Gasteiger partial charge in [-0.1, -0.05) is 0 Å². The van der Waals surface area contributed by atoms with Crippen molar-refractivity contribution in [3.8, 4) is 0 Å². The minimum atomic E-state index is -0.713. The van der Waals surface area contributed by atoms with Crippen LogP contribution in [0.2, 0.25) is 0 Å². The van der Waals surface area contributed by atoms with Crippen molar-refractivity contribution < 1.29 is 9.53 Å². The highest BCUT2D eigenvalue weighted by atomic mass is 35.5. The first-order valence-electron chi connectivity index (χ1n) is 3.28. The molecule has 0 aliphatic carbocycles. The van der Waals surface area contributed by atoms with Crippen molar-refractivity contribution in [3.05, 3.63) is 0 Å². The van der Waals surface area contributed by atoms with Crippen molar-refractivity contribution >= 4 is 29.2 Å². The van der Waals surface area contributed by atoms with Gasteiger partial charge in [0.25, 0.3) is 0 Å². The fourth-order valence-corrected chi connectivity index (χ4v) is 0.921. The Morgan fingerprint density at radius 2 is 2.18 bits per heavy atom. The molecule has 0 radical (unpaired) electrons. The van der Waals surface area contributed by atoms with Gasteiger partial charge in [-0.05, 0) is 6.92 Å². The molecule has 0 aliphatic heterocycles. The maximum Gasteiger partial charge on any atom is 0.322 e. The molecule has 0 saturated heterocycles. The molecule has 0 spiro atoms. The minimum Gasteiger partial charge on any atom is -0.465 e. The van der Waals surface area contributed by atoms with E-state index in [1.54, 1.807) is 6.92 Å². The first kappa shape index (κ1) is 11.0. The molecule has 0 rings (SSSR count). The summed E-state index contributed by atoms with van der Waals surface area (Å²) in [5.41, 5.74) is 5.36.